The molecule has 228 valence electrons. The number of fused-ring (bicyclic) bond motifs is 1. The molecule has 1 aromatic heterocycles. The standard InChI is InChI=1S/C27H30O15/c28-7-15-19(32)22(35)24(37)26(41-15)18-12(31)6-14-17(21(18)34)11(30)5-13(40-14)9-1-3-10(4-2-9)39-27-25(38)23(36)20(33)16(8-29)42-27/h1-6,15-16,19-20,22-29,31-38H,7-8H2/t15-,16+,19+,20+,22-,23-,24+,25+,26-,27+/m0/s1. The number of aliphatic hydroxyl groups is 8. The highest BCUT2D eigenvalue weighted by molar-refractivity contribution is 5.88. The second-order valence-electron chi connectivity index (χ2n) is 10.1. The van der Waals surface area contributed by atoms with Gasteiger partial charge in [0.1, 0.15) is 88.9 Å². The number of hydrogen-bond acceptors (Lipinski definition) is 15. The lowest BCUT2D eigenvalue weighted by Gasteiger charge is -2.40. The molecule has 2 aliphatic heterocycles. The van der Waals surface area contributed by atoms with Crippen molar-refractivity contribution in [3.8, 4) is 28.6 Å². The van der Waals surface area contributed by atoms with Crippen molar-refractivity contribution < 1.29 is 69.7 Å². The van der Waals surface area contributed by atoms with Crippen LogP contribution in [0.2, 0.25) is 0 Å². The molecule has 0 spiro atoms. The monoisotopic (exact) mass is 594 g/mol. The first kappa shape index (κ1) is 30.1. The summed E-state index contributed by atoms with van der Waals surface area (Å²) in [6.07, 6.45) is -15.6. The molecule has 0 unspecified atom stereocenters. The SMILES string of the molecule is O=c1cc(-c2ccc(O[C@@H]3O[C@H](CO)[C@@H](O)[C@H](O)[C@H]3O)cc2)oc2cc(O)c([C@@H]3O[C@@H](CO)[C@@H](O)[C@H](O)[C@H]3O)c(O)c12. The van der Waals surface area contributed by atoms with Crippen LogP contribution in [0.15, 0.2) is 45.6 Å². The Morgan fingerprint density at radius 3 is 1.95 bits per heavy atom. The molecule has 42 heavy (non-hydrogen) atoms. The van der Waals surface area contributed by atoms with Crippen LogP contribution in [-0.4, -0.2) is 119 Å². The van der Waals surface area contributed by atoms with Crippen LogP contribution in [0, 0.1) is 0 Å². The van der Waals surface area contributed by atoms with Gasteiger partial charge in [-0.1, -0.05) is 0 Å². The first-order valence-electron chi connectivity index (χ1n) is 12.9. The minimum absolute atomic E-state index is 0.0197. The molecule has 0 bridgehead atoms. The van der Waals surface area contributed by atoms with Crippen LogP contribution in [0.25, 0.3) is 22.3 Å². The van der Waals surface area contributed by atoms with Gasteiger partial charge >= 0.3 is 0 Å². The van der Waals surface area contributed by atoms with Crippen LogP contribution >= 0.6 is 0 Å². The number of aromatic hydroxyl groups is 2. The minimum Gasteiger partial charge on any atom is -0.507 e. The van der Waals surface area contributed by atoms with Gasteiger partial charge in [-0.15, -0.1) is 0 Å². The summed E-state index contributed by atoms with van der Waals surface area (Å²) in [7, 11) is 0. The first-order valence-corrected chi connectivity index (χ1v) is 12.9. The fourth-order valence-electron chi connectivity index (χ4n) is 5.06. The maximum Gasteiger partial charge on any atom is 0.229 e. The van der Waals surface area contributed by atoms with Gasteiger partial charge in [-0.2, -0.15) is 0 Å². The number of hydrogen-bond donors (Lipinski definition) is 10. The van der Waals surface area contributed by atoms with E-state index in [1.807, 2.05) is 0 Å². The van der Waals surface area contributed by atoms with E-state index in [-0.39, 0.29) is 22.5 Å². The van der Waals surface area contributed by atoms with E-state index >= 15 is 0 Å². The minimum atomic E-state index is -1.83. The van der Waals surface area contributed by atoms with E-state index in [4.69, 9.17) is 18.6 Å². The predicted molar refractivity (Wildman–Crippen MR) is 138 cm³/mol. The molecule has 3 aromatic rings. The average molecular weight is 595 g/mol. The Bertz CT molecular complexity index is 1470. The van der Waals surface area contributed by atoms with Gasteiger partial charge in [-0.25, -0.2) is 0 Å². The summed E-state index contributed by atoms with van der Waals surface area (Å²) in [4.78, 5) is 13.1. The molecular formula is C27H30O15. The van der Waals surface area contributed by atoms with Gasteiger partial charge in [0.15, 0.2) is 5.43 Å². The Labute approximate surface area is 236 Å². The summed E-state index contributed by atoms with van der Waals surface area (Å²) in [6.45, 7) is -1.37. The molecule has 5 rings (SSSR count). The Morgan fingerprint density at radius 1 is 0.738 bits per heavy atom. The highest BCUT2D eigenvalue weighted by atomic mass is 16.7. The number of ether oxygens (including phenoxy) is 3. The fourth-order valence-corrected chi connectivity index (χ4v) is 5.06. The van der Waals surface area contributed by atoms with E-state index in [2.05, 4.69) is 0 Å². The first-order chi connectivity index (χ1) is 20.0. The molecule has 2 fully saturated rings. The molecule has 0 saturated carbocycles. The van der Waals surface area contributed by atoms with Crippen LogP contribution < -0.4 is 10.2 Å². The number of phenols is 2. The van der Waals surface area contributed by atoms with Crippen LogP contribution in [0.5, 0.6) is 17.2 Å². The average Bonchev–Trinajstić information content (AvgIpc) is 2.97. The summed E-state index contributed by atoms with van der Waals surface area (Å²) < 4.78 is 22.0. The normalized spacial score (nSPS) is 33.5. The van der Waals surface area contributed by atoms with E-state index in [0.29, 0.717) is 5.56 Å². The van der Waals surface area contributed by atoms with Crippen molar-refractivity contribution in [3.63, 3.8) is 0 Å². The lowest BCUT2D eigenvalue weighted by molar-refractivity contribution is -0.277. The lowest BCUT2D eigenvalue weighted by atomic mass is 9.89. The molecule has 3 heterocycles. The van der Waals surface area contributed by atoms with Crippen molar-refractivity contribution >= 4 is 11.0 Å². The third kappa shape index (κ3) is 5.20. The second-order valence-corrected chi connectivity index (χ2v) is 10.1. The molecular weight excluding hydrogens is 564 g/mol. The van der Waals surface area contributed by atoms with E-state index in [1.165, 1.54) is 24.3 Å². The summed E-state index contributed by atoms with van der Waals surface area (Å²) >= 11 is 0. The Morgan fingerprint density at radius 2 is 1.33 bits per heavy atom. The number of benzene rings is 2. The summed E-state index contributed by atoms with van der Waals surface area (Å²) in [5.74, 6) is -1.28. The third-order valence-corrected chi connectivity index (χ3v) is 7.43. The van der Waals surface area contributed by atoms with Gasteiger partial charge in [0.05, 0.1) is 18.8 Å². The number of phenolic OH excluding ortho intramolecular Hbond substituents is 2. The topological polar surface area (TPSA) is 260 Å². The van der Waals surface area contributed by atoms with Gasteiger partial charge in [0, 0.05) is 17.7 Å². The quantitative estimate of drug-likeness (QED) is 0.142. The molecule has 0 aliphatic carbocycles. The molecule has 2 saturated heterocycles. The molecule has 2 aliphatic rings. The van der Waals surface area contributed by atoms with Crippen LogP contribution in [0.4, 0.5) is 0 Å². The zero-order valence-electron chi connectivity index (χ0n) is 21.7. The van der Waals surface area contributed by atoms with Crippen molar-refractivity contribution in [2.24, 2.45) is 0 Å². The van der Waals surface area contributed by atoms with Crippen molar-refractivity contribution in [1.82, 2.24) is 0 Å². The number of aliphatic hydroxyl groups excluding tert-OH is 8. The summed E-state index contributed by atoms with van der Waals surface area (Å²) in [5.41, 5.74) is -1.07. The van der Waals surface area contributed by atoms with E-state index < -0.39 is 96.9 Å². The smallest absolute Gasteiger partial charge is 0.229 e. The molecule has 10 N–H and O–H groups in total. The molecule has 0 amide bonds. The summed E-state index contributed by atoms with van der Waals surface area (Å²) in [5, 5.41) is 101. The van der Waals surface area contributed by atoms with Crippen LogP contribution in [0.3, 0.4) is 0 Å². The van der Waals surface area contributed by atoms with E-state index in [9.17, 15) is 55.9 Å². The van der Waals surface area contributed by atoms with Gasteiger partial charge < -0.3 is 69.7 Å². The predicted octanol–water partition coefficient (Wildman–Crippen LogP) is -2.44. The molecule has 10 atom stereocenters. The zero-order chi connectivity index (χ0) is 30.5. The van der Waals surface area contributed by atoms with Crippen molar-refractivity contribution in [2.45, 2.75) is 61.2 Å². The van der Waals surface area contributed by atoms with E-state index in [1.54, 1.807) is 0 Å². The van der Waals surface area contributed by atoms with Crippen molar-refractivity contribution in [3.05, 3.63) is 52.2 Å². The molecule has 15 heteroatoms. The molecule has 0 radical (unpaired) electrons. The third-order valence-electron chi connectivity index (χ3n) is 7.43. The van der Waals surface area contributed by atoms with Crippen molar-refractivity contribution in [1.29, 1.82) is 0 Å². The van der Waals surface area contributed by atoms with Crippen molar-refractivity contribution in [2.75, 3.05) is 13.2 Å². The van der Waals surface area contributed by atoms with Gasteiger partial charge in [-0.3, -0.25) is 4.79 Å². The van der Waals surface area contributed by atoms with Gasteiger partial charge in [0.2, 0.25) is 6.29 Å². The Kier molecular flexibility index (Phi) is 8.41. The fraction of sp³-hybridized carbons (Fsp3) is 0.444. The second kappa shape index (κ2) is 11.7. The molecule has 15 nitrogen and oxygen atoms in total. The molecule has 2 aromatic carbocycles. The summed E-state index contributed by atoms with van der Waals surface area (Å²) in [6, 6.07) is 7.88. The Hall–Kier alpha value is -3.35. The van der Waals surface area contributed by atoms with Crippen LogP contribution in [0.1, 0.15) is 11.7 Å². The highest BCUT2D eigenvalue weighted by Gasteiger charge is 2.46. The van der Waals surface area contributed by atoms with E-state index in [0.717, 1.165) is 12.1 Å². The van der Waals surface area contributed by atoms with Crippen LogP contribution in [-0.2, 0) is 9.47 Å². The maximum atomic E-state index is 13.1. The Balaban J connectivity index is 1.43. The zero-order valence-corrected chi connectivity index (χ0v) is 21.7. The van der Waals surface area contributed by atoms with Gasteiger partial charge in [0.25, 0.3) is 0 Å². The maximum absolute atomic E-state index is 13.1. The lowest BCUT2D eigenvalue weighted by Crippen LogP contribution is -2.60. The highest BCUT2D eigenvalue weighted by Crippen LogP contribution is 2.44. The largest absolute Gasteiger partial charge is 0.507 e. The number of rotatable bonds is 6. The van der Waals surface area contributed by atoms with Gasteiger partial charge in [-0.05, 0) is 24.3 Å².